The zero-order valence-corrected chi connectivity index (χ0v) is 10.8. The summed E-state index contributed by atoms with van der Waals surface area (Å²) in [7, 11) is 0. The van der Waals surface area contributed by atoms with Gasteiger partial charge in [0.05, 0.1) is 6.26 Å². The van der Waals surface area contributed by atoms with E-state index in [4.69, 9.17) is 4.42 Å². The van der Waals surface area contributed by atoms with Gasteiger partial charge in [-0.05, 0) is 44.5 Å². The third-order valence-electron chi connectivity index (χ3n) is 3.23. The van der Waals surface area contributed by atoms with Crippen LogP contribution in [0.5, 0.6) is 0 Å². The quantitative estimate of drug-likeness (QED) is 0.809. The summed E-state index contributed by atoms with van der Waals surface area (Å²) in [5.41, 5.74) is 0. The van der Waals surface area contributed by atoms with Gasteiger partial charge >= 0.3 is 0 Å². The summed E-state index contributed by atoms with van der Waals surface area (Å²) in [4.78, 5) is 13.9. The van der Waals surface area contributed by atoms with Crippen molar-refractivity contribution in [2.75, 3.05) is 19.6 Å². The molecule has 1 N–H and O–H groups in total. The number of carbonyl (C=O) groups excluding carboxylic acids is 1. The van der Waals surface area contributed by atoms with Crippen LogP contribution in [-0.4, -0.2) is 36.5 Å². The average Bonchev–Trinajstić information content (AvgIpc) is 3.06. The summed E-state index contributed by atoms with van der Waals surface area (Å²) in [5, 5.41) is 3.41. The van der Waals surface area contributed by atoms with Crippen LogP contribution in [0.2, 0.25) is 0 Å². The molecule has 1 aromatic rings. The zero-order chi connectivity index (χ0) is 12.8. The Labute approximate surface area is 108 Å². The summed E-state index contributed by atoms with van der Waals surface area (Å²) in [5.74, 6) is 0.751. The molecule has 18 heavy (non-hydrogen) atoms. The van der Waals surface area contributed by atoms with Crippen molar-refractivity contribution in [1.29, 1.82) is 0 Å². The van der Waals surface area contributed by atoms with Gasteiger partial charge in [-0.2, -0.15) is 0 Å². The second-order valence-electron chi connectivity index (χ2n) is 4.52. The van der Waals surface area contributed by atoms with E-state index in [-0.39, 0.29) is 5.91 Å². The Morgan fingerprint density at radius 1 is 1.67 bits per heavy atom. The molecule has 1 aliphatic heterocycles. The third kappa shape index (κ3) is 3.47. The molecule has 1 aromatic heterocycles. The fraction of sp³-hybridized carbons (Fsp3) is 0.500. The molecule has 98 valence electrons. The van der Waals surface area contributed by atoms with Crippen molar-refractivity contribution in [2.24, 2.45) is 0 Å². The highest BCUT2D eigenvalue weighted by Crippen LogP contribution is 2.08. The molecule has 2 heterocycles. The zero-order valence-electron chi connectivity index (χ0n) is 10.8. The van der Waals surface area contributed by atoms with Crippen molar-refractivity contribution in [2.45, 2.75) is 25.8 Å². The number of amides is 1. The van der Waals surface area contributed by atoms with Crippen LogP contribution in [0, 0.1) is 0 Å². The highest BCUT2D eigenvalue weighted by atomic mass is 16.3. The lowest BCUT2D eigenvalue weighted by molar-refractivity contribution is -0.126. The van der Waals surface area contributed by atoms with Crippen molar-refractivity contribution < 1.29 is 9.21 Å². The van der Waals surface area contributed by atoms with Gasteiger partial charge in [-0.15, -0.1) is 0 Å². The molecule has 4 nitrogen and oxygen atoms in total. The van der Waals surface area contributed by atoms with Gasteiger partial charge in [0.1, 0.15) is 5.76 Å². The maximum Gasteiger partial charge on any atom is 0.246 e. The lowest BCUT2D eigenvalue weighted by Gasteiger charge is -2.23. The van der Waals surface area contributed by atoms with Crippen molar-refractivity contribution in [3.05, 3.63) is 30.2 Å². The Morgan fingerprint density at radius 3 is 3.17 bits per heavy atom. The van der Waals surface area contributed by atoms with Gasteiger partial charge in [-0.25, -0.2) is 0 Å². The standard InChI is InChI=1S/C14H20N2O2/c1-2-16(11-12-5-3-9-15-12)14(17)8-7-13-6-4-10-18-13/h4,6-8,10,12,15H,2-3,5,9,11H2,1H3/b8-7+. The molecule has 1 saturated heterocycles. The maximum atomic E-state index is 12.0. The topological polar surface area (TPSA) is 45.5 Å². The summed E-state index contributed by atoms with van der Waals surface area (Å²) < 4.78 is 5.16. The van der Waals surface area contributed by atoms with Crippen LogP contribution >= 0.6 is 0 Å². The summed E-state index contributed by atoms with van der Waals surface area (Å²) in [6, 6.07) is 4.09. The number of nitrogens with one attached hydrogen (secondary N) is 1. The first kappa shape index (κ1) is 12.9. The Morgan fingerprint density at radius 2 is 2.56 bits per heavy atom. The summed E-state index contributed by atoms with van der Waals surface area (Å²) in [6.45, 7) is 4.60. The van der Waals surface area contributed by atoms with Crippen LogP contribution in [0.4, 0.5) is 0 Å². The highest BCUT2D eigenvalue weighted by Gasteiger charge is 2.18. The lowest BCUT2D eigenvalue weighted by atomic mass is 10.2. The molecule has 0 radical (unpaired) electrons. The predicted molar refractivity (Wildman–Crippen MR) is 71.0 cm³/mol. The normalized spacial score (nSPS) is 19.5. The van der Waals surface area contributed by atoms with Gasteiger partial charge in [0.25, 0.3) is 0 Å². The van der Waals surface area contributed by atoms with Crippen molar-refractivity contribution in [3.63, 3.8) is 0 Å². The largest absolute Gasteiger partial charge is 0.465 e. The van der Waals surface area contributed by atoms with E-state index in [1.165, 1.54) is 6.42 Å². The van der Waals surface area contributed by atoms with E-state index >= 15 is 0 Å². The van der Waals surface area contributed by atoms with Crippen molar-refractivity contribution >= 4 is 12.0 Å². The number of hydrogen-bond acceptors (Lipinski definition) is 3. The second kappa shape index (κ2) is 6.40. The van der Waals surface area contributed by atoms with Gasteiger partial charge in [-0.1, -0.05) is 0 Å². The average molecular weight is 248 g/mol. The van der Waals surface area contributed by atoms with E-state index < -0.39 is 0 Å². The lowest BCUT2D eigenvalue weighted by Crippen LogP contribution is -2.40. The minimum atomic E-state index is 0.0441. The minimum absolute atomic E-state index is 0.0441. The predicted octanol–water partition coefficient (Wildman–Crippen LogP) is 1.89. The number of rotatable bonds is 5. The molecule has 0 saturated carbocycles. The Balaban J connectivity index is 1.88. The molecule has 1 unspecified atom stereocenters. The first-order chi connectivity index (χ1) is 8.79. The maximum absolute atomic E-state index is 12.0. The van der Waals surface area contributed by atoms with E-state index in [1.807, 2.05) is 24.0 Å². The molecule has 2 rings (SSSR count). The van der Waals surface area contributed by atoms with Gasteiger partial charge in [0.15, 0.2) is 0 Å². The fourth-order valence-electron chi connectivity index (χ4n) is 2.20. The number of furan rings is 1. The van der Waals surface area contributed by atoms with Crippen LogP contribution in [0.15, 0.2) is 28.9 Å². The van der Waals surface area contributed by atoms with Crippen LogP contribution in [0.25, 0.3) is 6.08 Å². The number of likely N-dealkylation sites (N-methyl/N-ethyl adjacent to an activating group) is 1. The van der Waals surface area contributed by atoms with Gasteiger partial charge in [0, 0.05) is 25.2 Å². The monoisotopic (exact) mass is 248 g/mol. The second-order valence-corrected chi connectivity index (χ2v) is 4.52. The molecule has 1 amide bonds. The molecule has 0 bridgehead atoms. The SMILES string of the molecule is CCN(CC1CCCN1)C(=O)/C=C/c1ccco1. The van der Waals surface area contributed by atoms with Gasteiger partial charge in [-0.3, -0.25) is 4.79 Å². The van der Waals surface area contributed by atoms with Crippen LogP contribution in [-0.2, 0) is 4.79 Å². The fourth-order valence-corrected chi connectivity index (χ4v) is 2.20. The molecule has 4 heteroatoms. The van der Waals surface area contributed by atoms with E-state index in [9.17, 15) is 4.79 Å². The number of hydrogen-bond donors (Lipinski definition) is 1. The molecule has 1 atom stereocenters. The van der Waals surface area contributed by atoms with Gasteiger partial charge < -0.3 is 14.6 Å². The molecule has 1 fully saturated rings. The van der Waals surface area contributed by atoms with Crippen LogP contribution < -0.4 is 5.32 Å². The molecule has 1 aliphatic rings. The molecular weight excluding hydrogens is 228 g/mol. The van der Waals surface area contributed by atoms with E-state index in [0.717, 1.165) is 26.1 Å². The van der Waals surface area contributed by atoms with E-state index in [1.54, 1.807) is 18.4 Å². The van der Waals surface area contributed by atoms with E-state index in [0.29, 0.717) is 11.8 Å². The first-order valence-corrected chi connectivity index (χ1v) is 6.53. The van der Waals surface area contributed by atoms with Crippen LogP contribution in [0.3, 0.4) is 0 Å². The Kier molecular flexibility index (Phi) is 4.59. The van der Waals surface area contributed by atoms with Crippen molar-refractivity contribution in [3.8, 4) is 0 Å². The first-order valence-electron chi connectivity index (χ1n) is 6.53. The molecule has 0 aliphatic carbocycles. The highest BCUT2D eigenvalue weighted by molar-refractivity contribution is 5.91. The Bertz CT molecular complexity index is 392. The number of nitrogens with zero attached hydrogens (tertiary/aromatic N) is 1. The number of carbonyl (C=O) groups is 1. The van der Waals surface area contributed by atoms with Crippen LogP contribution in [0.1, 0.15) is 25.5 Å². The van der Waals surface area contributed by atoms with Gasteiger partial charge in [0.2, 0.25) is 5.91 Å². The Hall–Kier alpha value is -1.55. The van der Waals surface area contributed by atoms with E-state index in [2.05, 4.69) is 5.32 Å². The smallest absolute Gasteiger partial charge is 0.246 e. The molecular formula is C14H20N2O2. The summed E-state index contributed by atoms with van der Waals surface area (Å²) >= 11 is 0. The van der Waals surface area contributed by atoms with Crippen molar-refractivity contribution in [1.82, 2.24) is 10.2 Å². The minimum Gasteiger partial charge on any atom is -0.465 e. The summed E-state index contributed by atoms with van der Waals surface area (Å²) in [6.07, 6.45) is 7.26. The third-order valence-corrected chi connectivity index (χ3v) is 3.23. The molecule has 0 spiro atoms. The molecule has 0 aromatic carbocycles.